The van der Waals surface area contributed by atoms with Crippen molar-refractivity contribution < 1.29 is 9.53 Å². The van der Waals surface area contributed by atoms with Gasteiger partial charge in [-0.1, -0.05) is 42.8 Å². The Labute approximate surface area is 168 Å². The number of nitrogens with two attached hydrogens (primary N) is 1. The SMILES string of the molecule is CCCOc1cccc(C=Nc2n[nH]c(Cc3cccc(Cl)c3)c2C(N)=O)c1. The molecule has 3 N–H and O–H groups in total. The molecule has 1 heterocycles. The molecular weight excluding hydrogens is 376 g/mol. The van der Waals surface area contributed by atoms with Gasteiger partial charge in [0.25, 0.3) is 5.91 Å². The maximum Gasteiger partial charge on any atom is 0.254 e. The molecule has 6 nitrogen and oxygen atoms in total. The number of hydrogen-bond acceptors (Lipinski definition) is 4. The lowest BCUT2D eigenvalue weighted by atomic mass is 10.1. The first kappa shape index (κ1) is 19.6. The van der Waals surface area contributed by atoms with Gasteiger partial charge in [-0.25, -0.2) is 4.99 Å². The minimum atomic E-state index is -0.585. The van der Waals surface area contributed by atoms with Crippen molar-refractivity contribution in [2.24, 2.45) is 10.7 Å². The zero-order valence-electron chi connectivity index (χ0n) is 15.5. The molecule has 3 aromatic rings. The highest BCUT2D eigenvalue weighted by Crippen LogP contribution is 2.23. The number of H-pyrrole nitrogens is 1. The van der Waals surface area contributed by atoms with E-state index < -0.39 is 5.91 Å². The van der Waals surface area contributed by atoms with E-state index in [2.05, 4.69) is 22.1 Å². The third-order valence-corrected chi connectivity index (χ3v) is 4.24. The second kappa shape index (κ2) is 9.19. The molecule has 0 spiro atoms. The average molecular weight is 397 g/mol. The largest absolute Gasteiger partial charge is 0.494 e. The van der Waals surface area contributed by atoms with Crippen LogP contribution < -0.4 is 10.5 Å². The van der Waals surface area contributed by atoms with Gasteiger partial charge in [0.2, 0.25) is 0 Å². The Kier molecular flexibility index (Phi) is 6.45. The van der Waals surface area contributed by atoms with Crippen LogP contribution in [-0.4, -0.2) is 28.9 Å². The predicted molar refractivity (Wildman–Crippen MR) is 111 cm³/mol. The summed E-state index contributed by atoms with van der Waals surface area (Å²) in [6.07, 6.45) is 3.01. The Hall–Kier alpha value is -3.12. The molecule has 0 saturated carbocycles. The number of benzene rings is 2. The lowest BCUT2D eigenvalue weighted by Crippen LogP contribution is -2.13. The van der Waals surface area contributed by atoms with E-state index in [4.69, 9.17) is 22.1 Å². The van der Waals surface area contributed by atoms with Gasteiger partial charge in [0.05, 0.1) is 12.3 Å². The van der Waals surface area contributed by atoms with Gasteiger partial charge in [-0.3, -0.25) is 9.89 Å². The number of halogens is 1. The minimum absolute atomic E-state index is 0.254. The molecule has 28 heavy (non-hydrogen) atoms. The van der Waals surface area contributed by atoms with Crippen LogP contribution in [0.1, 0.15) is 40.5 Å². The van der Waals surface area contributed by atoms with Crippen molar-refractivity contribution in [1.29, 1.82) is 0 Å². The second-order valence-corrected chi connectivity index (χ2v) is 6.69. The summed E-state index contributed by atoms with van der Waals surface area (Å²) in [6.45, 7) is 2.70. The number of nitrogens with zero attached hydrogens (tertiary/aromatic N) is 2. The molecule has 0 unspecified atom stereocenters. The number of aromatic amines is 1. The van der Waals surface area contributed by atoms with Crippen LogP contribution in [0.5, 0.6) is 5.75 Å². The second-order valence-electron chi connectivity index (χ2n) is 6.25. The molecule has 3 rings (SSSR count). The summed E-state index contributed by atoms with van der Waals surface area (Å²) in [6, 6.07) is 14.9. The van der Waals surface area contributed by atoms with E-state index in [1.807, 2.05) is 42.5 Å². The van der Waals surface area contributed by atoms with Gasteiger partial charge in [-0.15, -0.1) is 0 Å². The minimum Gasteiger partial charge on any atom is -0.494 e. The summed E-state index contributed by atoms with van der Waals surface area (Å²) >= 11 is 6.03. The van der Waals surface area contributed by atoms with Gasteiger partial charge in [0, 0.05) is 17.7 Å². The fourth-order valence-corrected chi connectivity index (χ4v) is 2.95. The lowest BCUT2D eigenvalue weighted by molar-refractivity contribution is 0.100. The smallest absolute Gasteiger partial charge is 0.254 e. The summed E-state index contributed by atoms with van der Waals surface area (Å²) in [4.78, 5) is 16.3. The third-order valence-electron chi connectivity index (χ3n) is 4.01. The number of aromatic nitrogens is 2. The van der Waals surface area contributed by atoms with Crippen LogP contribution in [0.25, 0.3) is 0 Å². The molecule has 0 fully saturated rings. The molecule has 7 heteroatoms. The predicted octanol–water partition coefficient (Wildman–Crippen LogP) is 4.29. The van der Waals surface area contributed by atoms with Crippen molar-refractivity contribution in [2.75, 3.05) is 6.61 Å². The quantitative estimate of drug-likeness (QED) is 0.556. The van der Waals surface area contributed by atoms with Crippen LogP contribution >= 0.6 is 11.6 Å². The molecular formula is C21H21ClN4O2. The van der Waals surface area contributed by atoms with Crippen molar-refractivity contribution in [3.63, 3.8) is 0 Å². The van der Waals surface area contributed by atoms with Gasteiger partial charge in [-0.05, 0) is 41.8 Å². The number of ether oxygens (including phenoxy) is 1. The number of carbonyl (C=O) groups excluding carboxylic acids is 1. The first-order chi connectivity index (χ1) is 13.6. The number of carbonyl (C=O) groups is 1. The van der Waals surface area contributed by atoms with E-state index in [-0.39, 0.29) is 11.4 Å². The Morgan fingerprint density at radius 1 is 1.29 bits per heavy atom. The van der Waals surface area contributed by atoms with Crippen LogP contribution in [0.3, 0.4) is 0 Å². The summed E-state index contributed by atoms with van der Waals surface area (Å²) in [5.74, 6) is 0.437. The summed E-state index contributed by atoms with van der Waals surface area (Å²) in [5.41, 5.74) is 8.22. The fourth-order valence-electron chi connectivity index (χ4n) is 2.74. The van der Waals surface area contributed by atoms with Crippen LogP contribution in [0.4, 0.5) is 5.82 Å². The molecule has 0 saturated heterocycles. The van der Waals surface area contributed by atoms with E-state index in [1.54, 1.807) is 12.3 Å². The number of nitrogens with one attached hydrogen (secondary N) is 1. The highest BCUT2D eigenvalue weighted by molar-refractivity contribution is 6.30. The number of aliphatic imine (C=N–C) groups is 1. The van der Waals surface area contributed by atoms with Crippen LogP contribution in [-0.2, 0) is 6.42 Å². The Morgan fingerprint density at radius 2 is 2.11 bits per heavy atom. The van der Waals surface area contributed by atoms with Gasteiger partial charge >= 0.3 is 0 Å². The van der Waals surface area contributed by atoms with E-state index in [9.17, 15) is 4.79 Å². The highest BCUT2D eigenvalue weighted by Gasteiger charge is 2.18. The van der Waals surface area contributed by atoms with Crippen molar-refractivity contribution in [1.82, 2.24) is 10.2 Å². The summed E-state index contributed by atoms with van der Waals surface area (Å²) in [7, 11) is 0. The molecule has 0 atom stereocenters. The maximum atomic E-state index is 12.0. The van der Waals surface area contributed by atoms with Crippen molar-refractivity contribution in [3.05, 3.63) is 75.9 Å². The zero-order chi connectivity index (χ0) is 19.9. The number of hydrogen-bond donors (Lipinski definition) is 2. The molecule has 0 bridgehead atoms. The van der Waals surface area contributed by atoms with Gasteiger partial charge < -0.3 is 10.5 Å². The summed E-state index contributed by atoms with van der Waals surface area (Å²) in [5, 5.41) is 7.65. The molecule has 1 aromatic heterocycles. The molecule has 2 aromatic carbocycles. The normalized spacial score (nSPS) is 11.1. The topological polar surface area (TPSA) is 93.4 Å². The monoisotopic (exact) mass is 396 g/mol. The first-order valence-electron chi connectivity index (χ1n) is 8.95. The Balaban J connectivity index is 1.83. The summed E-state index contributed by atoms with van der Waals surface area (Å²) < 4.78 is 5.62. The van der Waals surface area contributed by atoms with Crippen molar-refractivity contribution >= 4 is 29.5 Å². The van der Waals surface area contributed by atoms with Crippen LogP contribution in [0.15, 0.2) is 53.5 Å². The van der Waals surface area contributed by atoms with Crippen LogP contribution in [0.2, 0.25) is 5.02 Å². The Morgan fingerprint density at radius 3 is 2.86 bits per heavy atom. The molecule has 0 aliphatic carbocycles. The molecule has 0 aliphatic rings. The number of amides is 1. The molecule has 1 amide bonds. The fraction of sp³-hybridized carbons (Fsp3) is 0.190. The number of primary amides is 1. The molecule has 0 radical (unpaired) electrons. The molecule has 144 valence electrons. The average Bonchev–Trinajstić information content (AvgIpc) is 3.08. The Bertz CT molecular complexity index is 998. The van der Waals surface area contributed by atoms with Crippen molar-refractivity contribution in [3.8, 4) is 5.75 Å². The van der Waals surface area contributed by atoms with Crippen LogP contribution in [0, 0.1) is 0 Å². The van der Waals surface area contributed by atoms with E-state index in [0.29, 0.717) is 23.7 Å². The maximum absolute atomic E-state index is 12.0. The standard InChI is InChI=1S/C21H21ClN4O2/c1-2-9-28-17-8-4-6-15(11-17)13-24-21-19(20(23)27)18(25-26-21)12-14-5-3-7-16(22)10-14/h3-8,10-11,13H,2,9,12H2,1H3,(H2,23,27)(H,25,26). The number of rotatable bonds is 8. The first-order valence-corrected chi connectivity index (χ1v) is 9.33. The zero-order valence-corrected chi connectivity index (χ0v) is 16.2. The highest BCUT2D eigenvalue weighted by atomic mass is 35.5. The van der Waals surface area contributed by atoms with Crippen molar-refractivity contribution in [2.45, 2.75) is 19.8 Å². The van der Waals surface area contributed by atoms with E-state index in [0.717, 1.165) is 23.3 Å². The molecule has 0 aliphatic heterocycles. The van der Waals surface area contributed by atoms with Gasteiger partial charge in [0.15, 0.2) is 5.82 Å². The van der Waals surface area contributed by atoms with Gasteiger partial charge in [0.1, 0.15) is 11.3 Å². The third kappa shape index (κ3) is 4.98. The lowest BCUT2D eigenvalue weighted by Gasteiger charge is -2.04. The van der Waals surface area contributed by atoms with E-state index >= 15 is 0 Å². The van der Waals surface area contributed by atoms with Gasteiger partial charge in [-0.2, -0.15) is 5.10 Å². The van der Waals surface area contributed by atoms with E-state index in [1.165, 1.54) is 0 Å².